The fraction of sp³-hybridized carbons (Fsp3) is 0.455. The van der Waals surface area contributed by atoms with Crippen molar-refractivity contribution in [3.05, 3.63) is 45.2 Å². The number of ether oxygens (including phenoxy) is 2. The predicted octanol–water partition coefficient (Wildman–Crippen LogP) is 2.91. The zero-order chi connectivity index (χ0) is 22.5. The first-order chi connectivity index (χ1) is 15.6. The fourth-order valence-corrected chi connectivity index (χ4v) is 4.97. The van der Waals surface area contributed by atoms with E-state index in [1.807, 2.05) is 13.0 Å². The van der Waals surface area contributed by atoms with Crippen molar-refractivity contribution in [1.82, 2.24) is 14.3 Å². The van der Waals surface area contributed by atoms with Gasteiger partial charge in [0, 0.05) is 39.1 Å². The van der Waals surface area contributed by atoms with E-state index in [0.717, 1.165) is 19.4 Å². The van der Waals surface area contributed by atoms with E-state index in [1.54, 1.807) is 29.3 Å². The Balaban J connectivity index is 1.63. The minimum Gasteiger partial charge on any atom is -0.382 e. The molecule has 2 fully saturated rings. The Morgan fingerprint density at radius 1 is 1.41 bits per heavy atom. The second kappa shape index (κ2) is 10.6. The Bertz CT molecular complexity index is 1100. The van der Waals surface area contributed by atoms with Crippen LogP contribution in [0.3, 0.4) is 0 Å². The lowest BCUT2D eigenvalue weighted by Crippen LogP contribution is -2.30. The summed E-state index contributed by atoms with van der Waals surface area (Å²) in [5, 5.41) is 3.27. The molecule has 2 aliphatic heterocycles. The van der Waals surface area contributed by atoms with Crippen LogP contribution in [0.5, 0.6) is 0 Å². The third-order valence-electron chi connectivity index (χ3n) is 5.31. The van der Waals surface area contributed by atoms with Gasteiger partial charge in [0.1, 0.15) is 15.8 Å². The molecule has 1 atom stereocenters. The molecule has 10 heteroatoms. The number of thiocarbonyl (C=S) groups is 1. The Morgan fingerprint density at radius 3 is 3.06 bits per heavy atom. The lowest BCUT2D eigenvalue weighted by atomic mass is 10.2. The molecule has 0 aromatic carbocycles. The minimum absolute atomic E-state index is 0.0856. The van der Waals surface area contributed by atoms with Crippen LogP contribution in [0.25, 0.3) is 11.7 Å². The van der Waals surface area contributed by atoms with E-state index in [9.17, 15) is 9.59 Å². The van der Waals surface area contributed by atoms with Crippen molar-refractivity contribution in [1.29, 1.82) is 0 Å². The maximum absolute atomic E-state index is 13.3. The topological polar surface area (TPSA) is 85.2 Å². The fourth-order valence-electron chi connectivity index (χ4n) is 3.68. The smallest absolute Gasteiger partial charge is 0.267 e. The number of amides is 1. The number of rotatable bonds is 9. The molecule has 0 unspecified atom stereocenters. The molecule has 2 aromatic heterocycles. The molecule has 1 N–H and O–H groups in total. The molecule has 4 heterocycles. The number of carbonyl (C=O) groups is 1. The summed E-state index contributed by atoms with van der Waals surface area (Å²) in [7, 11) is 0. The van der Waals surface area contributed by atoms with Crippen LogP contribution >= 0.6 is 24.0 Å². The molecule has 2 aliphatic rings. The molecular weight excluding hydrogens is 448 g/mol. The van der Waals surface area contributed by atoms with Crippen LogP contribution in [0.2, 0.25) is 0 Å². The summed E-state index contributed by atoms with van der Waals surface area (Å²) >= 11 is 6.62. The average molecular weight is 475 g/mol. The van der Waals surface area contributed by atoms with Crippen LogP contribution in [0.4, 0.5) is 5.82 Å². The van der Waals surface area contributed by atoms with Gasteiger partial charge in [0.25, 0.3) is 11.5 Å². The van der Waals surface area contributed by atoms with Gasteiger partial charge in [0.15, 0.2) is 0 Å². The molecule has 1 amide bonds. The highest BCUT2D eigenvalue weighted by atomic mass is 32.2. The number of anilines is 1. The number of aromatic nitrogens is 2. The van der Waals surface area contributed by atoms with Gasteiger partial charge in [0.05, 0.1) is 16.6 Å². The number of thioether (sulfide) groups is 1. The monoisotopic (exact) mass is 474 g/mol. The van der Waals surface area contributed by atoms with Crippen molar-refractivity contribution in [2.45, 2.75) is 32.3 Å². The summed E-state index contributed by atoms with van der Waals surface area (Å²) in [4.78, 5) is 32.9. The summed E-state index contributed by atoms with van der Waals surface area (Å²) in [6.07, 6.45) is 6.05. The van der Waals surface area contributed by atoms with E-state index < -0.39 is 0 Å². The molecule has 0 radical (unpaired) electrons. The number of nitrogens with zero attached hydrogens (tertiary/aromatic N) is 3. The maximum atomic E-state index is 13.3. The standard InChI is InChI=1S/C22H26N4O4S2/c1-2-29-11-6-10-26-21(28)17(32-22(26)31)13-16-19(23-14-15-7-5-12-30-15)24-18-8-3-4-9-25(18)20(16)27/h3-4,8-9,13,15,23H,2,5-7,10-12,14H2,1H3/b17-13-/t15-/m0/s1. The predicted molar refractivity (Wildman–Crippen MR) is 130 cm³/mol. The Kier molecular flexibility index (Phi) is 7.56. The van der Waals surface area contributed by atoms with Crippen molar-refractivity contribution in [3.63, 3.8) is 0 Å². The van der Waals surface area contributed by atoms with E-state index in [2.05, 4.69) is 10.3 Å². The molecule has 0 aliphatic carbocycles. The molecule has 0 spiro atoms. The largest absolute Gasteiger partial charge is 0.382 e. The third kappa shape index (κ3) is 5.03. The van der Waals surface area contributed by atoms with Crippen LogP contribution in [0.15, 0.2) is 34.1 Å². The van der Waals surface area contributed by atoms with Crippen LogP contribution in [0.1, 0.15) is 31.7 Å². The van der Waals surface area contributed by atoms with Crippen molar-refractivity contribution in [3.8, 4) is 0 Å². The van der Waals surface area contributed by atoms with Gasteiger partial charge in [-0.25, -0.2) is 4.98 Å². The Labute approximate surface area is 196 Å². The molecule has 8 nitrogen and oxygen atoms in total. The van der Waals surface area contributed by atoms with E-state index in [0.29, 0.717) is 59.0 Å². The highest BCUT2D eigenvalue weighted by Gasteiger charge is 2.32. The zero-order valence-electron chi connectivity index (χ0n) is 17.9. The Hall–Kier alpha value is -2.27. The molecule has 0 saturated carbocycles. The highest BCUT2D eigenvalue weighted by molar-refractivity contribution is 8.26. The normalized spacial score (nSPS) is 20.1. The summed E-state index contributed by atoms with van der Waals surface area (Å²) in [6, 6.07) is 5.39. The van der Waals surface area contributed by atoms with Gasteiger partial charge in [-0.2, -0.15) is 0 Å². The molecule has 32 heavy (non-hydrogen) atoms. The van der Waals surface area contributed by atoms with Gasteiger partial charge in [-0.15, -0.1) is 0 Å². The van der Waals surface area contributed by atoms with Crippen molar-refractivity contribution < 1.29 is 14.3 Å². The molecule has 170 valence electrons. The van der Waals surface area contributed by atoms with E-state index in [1.165, 1.54) is 16.2 Å². The van der Waals surface area contributed by atoms with Crippen molar-refractivity contribution in [2.24, 2.45) is 0 Å². The summed E-state index contributed by atoms with van der Waals surface area (Å²) in [5.74, 6) is 0.248. The first kappa shape index (κ1) is 22.9. The van der Waals surface area contributed by atoms with Crippen molar-refractivity contribution >= 4 is 51.7 Å². The zero-order valence-corrected chi connectivity index (χ0v) is 19.5. The number of pyridine rings is 1. The lowest BCUT2D eigenvalue weighted by Gasteiger charge is -2.15. The van der Waals surface area contributed by atoms with Crippen LogP contribution < -0.4 is 10.9 Å². The molecule has 2 saturated heterocycles. The number of carbonyl (C=O) groups excluding carboxylic acids is 1. The summed E-state index contributed by atoms with van der Waals surface area (Å²) in [6.45, 7) is 4.93. The second-order valence-corrected chi connectivity index (χ2v) is 9.18. The number of hydrogen-bond acceptors (Lipinski definition) is 8. The minimum atomic E-state index is -0.243. The maximum Gasteiger partial charge on any atom is 0.267 e. The van der Waals surface area contributed by atoms with Gasteiger partial charge in [-0.3, -0.25) is 18.9 Å². The number of hydrogen-bond donors (Lipinski definition) is 1. The second-order valence-electron chi connectivity index (χ2n) is 7.51. The third-order valence-corrected chi connectivity index (χ3v) is 6.69. The highest BCUT2D eigenvalue weighted by Crippen LogP contribution is 2.33. The van der Waals surface area contributed by atoms with Crippen LogP contribution in [0, 0.1) is 0 Å². The summed E-state index contributed by atoms with van der Waals surface area (Å²) < 4.78 is 13.0. The van der Waals surface area contributed by atoms with Gasteiger partial charge in [0.2, 0.25) is 0 Å². The number of nitrogens with one attached hydrogen (secondary N) is 1. The number of fused-ring (bicyclic) bond motifs is 1. The summed E-state index contributed by atoms with van der Waals surface area (Å²) in [5.41, 5.74) is 0.626. The SMILES string of the molecule is CCOCCCN1C(=O)/C(=C/c2c(NC[C@@H]3CCCO3)nc3ccccn3c2=O)SC1=S. The quantitative estimate of drug-likeness (QED) is 0.337. The molecular formula is C22H26N4O4S2. The molecule has 2 aromatic rings. The van der Waals surface area contributed by atoms with Gasteiger partial charge >= 0.3 is 0 Å². The van der Waals surface area contributed by atoms with Crippen LogP contribution in [-0.2, 0) is 14.3 Å². The van der Waals surface area contributed by atoms with E-state index in [4.69, 9.17) is 21.7 Å². The van der Waals surface area contributed by atoms with Crippen LogP contribution in [-0.4, -0.2) is 63.5 Å². The lowest BCUT2D eigenvalue weighted by molar-refractivity contribution is -0.122. The average Bonchev–Trinajstić information content (AvgIpc) is 3.41. The van der Waals surface area contributed by atoms with E-state index in [-0.39, 0.29) is 17.6 Å². The first-order valence-corrected chi connectivity index (χ1v) is 12.0. The van der Waals surface area contributed by atoms with Gasteiger partial charge in [-0.1, -0.05) is 30.0 Å². The molecule has 0 bridgehead atoms. The van der Waals surface area contributed by atoms with Crippen molar-refractivity contribution in [2.75, 3.05) is 38.2 Å². The molecule has 4 rings (SSSR count). The van der Waals surface area contributed by atoms with Gasteiger partial charge in [-0.05, 0) is 44.4 Å². The van der Waals surface area contributed by atoms with Gasteiger partial charge < -0.3 is 14.8 Å². The Morgan fingerprint density at radius 2 is 2.28 bits per heavy atom. The first-order valence-electron chi connectivity index (χ1n) is 10.8. The van der Waals surface area contributed by atoms with E-state index >= 15 is 0 Å².